The van der Waals surface area contributed by atoms with Crippen molar-refractivity contribution in [3.05, 3.63) is 59.8 Å². The number of nitrogens with zero attached hydrogens (tertiary/aromatic N) is 6. The minimum atomic E-state index is -0.285. The molecule has 192 valence electrons. The molecular weight excluding hydrogens is 473 g/mol. The zero-order valence-electron chi connectivity index (χ0n) is 20.6. The largest absolute Gasteiger partial charge is 0.378 e. The molecular formula is C27H30FN7O2. The average Bonchev–Trinajstić information content (AvgIpc) is 3.61. The van der Waals surface area contributed by atoms with Gasteiger partial charge in [-0.3, -0.25) is 9.89 Å². The molecule has 4 aromatic rings. The number of fused-ring (bicyclic) bond motifs is 1. The molecule has 0 bridgehead atoms. The molecule has 0 unspecified atom stereocenters. The second-order valence-electron chi connectivity index (χ2n) is 9.68. The van der Waals surface area contributed by atoms with E-state index < -0.39 is 0 Å². The van der Waals surface area contributed by atoms with Crippen molar-refractivity contribution in [2.75, 3.05) is 52.6 Å². The zero-order chi connectivity index (χ0) is 25.2. The Morgan fingerprint density at radius 3 is 2.59 bits per heavy atom. The van der Waals surface area contributed by atoms with Crippen molar-refractivity contribution < 1.29 is 13.9 Å². The number of benzene rings is 2. The van der Waals surface area contributed by atoms with Crippen LogP contribution in [0.1, 0.15) is 34.7 Å². The highest BCUT2D eigenvalue weighted by molar-refractivity contribution is 5.94. The smallest absolute Gasteiger partial charge is 0.254 e. The molecule has 2 aromatic heterocycles. The van der Waals surface area contributed by atoms with Gasteiger partial charge in [-0.15, -0.1) is 5.10 Å². The molecule has 2 saturated heterocycles. The van der Waals surface area contributed by atoms with Gasteiger partial charge < -0.3 is 14.5 Å². The van der Waals surface area contributed by atoms with E-state index in [2.05, 4.69) is 43.6 Å². The molecule has 4 heterocycles. The topological polar surface area (TPSA) is 92.2 Å². The molecule has 9 nitrogen and oxygen atoms in total. The maximum absolute atomic E-state index is 12.7. The number of ether oxygens (including phenoxy) is 1. The van der Waals surface area contributed by atoms with Crippen molar-refractivity contribution in [3.8, 4) is 17.1 Å². The fourth-order valence-electron chi connectivity index (χ4n) is 5.29. The predicted octanol–water partition coefficient (Wildman–Crippen LogP) is 3.43. The summed E-state index contributed by atoms with van der Waals surface area (Å²) in [6.45, 7) is 4.48. The SMILES string of the molecule is O=C(c1ccc(-n2cc(-c3n[nH]c4ccc(C5CCN(CCF)CC5)cc34)nn2)cc1)N1CCOCC1. The highest BCUT2D eigenvalue weighted by atomic mass is 19.1. The molecule has 10 heteroatoms. The third kappa shape index (κ3) is 4.86. The van der Waals surface area contributed by atoms with Crippen LogP contribution in [0.25, 0.3) is 28.0 Å². The monoisotopic (exact) mass is 503 g/mol. The number of carbonyl (C=O) groups is 1. The third-order valence-electron chi connectivity index (χ3n) is 7.46. The summed E-state index contributed by atoms with van der Waals surface area (Å²) in [6, 6.07) is 13.8. The number of morpholine rings is 1. The van der Waals surface area contributed by atoms with Gasteiger partial charge >= 0.3 is 0 Å². The van der Waals surface area contributed by atoms with E-state index in [1.165, 1.54) is 5.56 Å². The van der Waals surface area contributed by atoms with Crippen LogP contribution in [0.5, 0.6) is 0 Å². The van der Waals surface area contributed by atoms with E-state index in [4.69, 9.17) is 4.74 Å². The number of aromatic nitrogens is 5. The normalized spacial score (nSPS) is 17.5. The number of carbonyl (C=O) groups excluding carboxylic acids is 1. The Labute approximate surface area is 214 Å². The zero-order valence-corrected chi connectivity index (χ0v) is 20.6. The van der Waals surface area contributed by atoms with Crippen LogP contribution < -0.4 is 0 Å². The first kappa shape index (κ1) is 23.7. The highest BCUT2D eigenvalue weighted by Gasteiger charge is 2.22. The van der Waals surface area contributed by atoms with Crippen molar-refractivity contribution >= 4 is 16.8 Å². The standard InChI is InChI=1S/C27H30FN7O2/c28-9-12-33-10-7-19(8-11-33)21-3-6-24-23(17-21)26(31-29-24)25-18-35(32-30-25)22-4-1-20(2-5-22)27(36)34-13-15-37-16-14-34/h1-6,17-19H,7-16H2,(H,29,31). The van der Waals surface area contributed by atoms with E-state index in [1.807, 2.05) is 35.4 Å². The van der Waals surface area contributed by atoms with E-state index >= 15 is 0 Å². The second-order valence-corrected chi connectivity index (χ2v) is 9.68. The van der Waals surface area contributed by atoms with Crippen molar-refractivity contribution in [3.63, 3.8) is 0 Å². The maximum Gasteiger partial charge on any atom is 0.254 e. The van der Waals surface area contributed by atoms with E-state index in [0.717, 1.165) is 48.2 Å². The summed E-state index contributed by atoms with van der Waals surface area (Å²) in [6.07, 6.45) is 3.91. The first-order valence-corrected chi connectivity index (χ1v) is 12.9. The van der Waals surface area contributed by atoms with Gasteiger partial charge in [0.15, 0.2) is 0 Å². The van der Waals surface area contributed by atoms with E-state index in [9.17, 15) is 9.18 Å². The van der Waals surface area contributed by atoms with Crippen molar-refractivity contribution in [2.24, 2.45) is 0 Å². The number of halogens is 1. The van der Waals surface area contributed by atoms with E-state index in [0.29, 0.717) is 50.0 Å². The molecule has 2 aliphatic rings. The van der Waals surface area contributed by atoms with Gasteiger partial charge in [-0.1, -0.05) is 11.3 Å². The van der Waals surface area contributed by atoms with Crippen molar-refractivity contribution in [2.45, 2.75) is 18.8 Å². The average molecular weight is 504 g/mol. The van der Waals surface area contributed by atoms with Crippen LogP contribution in [0.15, 0.2) is 48.7 Å². The number of likely N-dealkylation sites (tertiary alicyclic amines) is 1. The third-order valence-corrected chi connectivity index (χ3v) is 7.46. The van der Waals surface area contributed by atoms with Crippen LogP contribution in [0.4, 0.5) is 4.39 Å². The fourth-order valence-corrected chi connectivity index (χ4v) is 5.29. The number of hydrogen-bond acceptors (Lipinski definition) is 6. The van der Waals surface area contributed by atoms with Crippen LogP contribution in [0, 0.1) is 0 Å². The van der Waals surface area contributed by atoms with Gasteiger partial charge in [-0.25, -0.2) is 9.07 Å². The molecule has 0 spiro atoms. The van der Waals surface area contributed by atoms with Gasteiger partial charge in [0.25, 0.3) is 5.91 Å². The quantitative estimate of drug-likeness (QED) is 0.434. The van der Waals surface area contributed by atoms with Crippen LogP contribution >= 0.6 is 0 Å². The molecule has 6 rings (SSSR count). The van der Waals surface area contributed by atoms with Gasteiger partial charge in [0.05, 0.1) is 30.6 Å². The summed E-state index contributed by atoms with van der Waals surface area (Å²) in [4.78, 5) is 16.7. The molecule has 37 heavy (non-hydrogen) atoms. The number of amides is 1. The summed E-state index contributed by atoms with van der Waals surface area (Å²) in [5, 5.41) is 17.4. The van der Waals surface area contributed by atoms with Crippen LogP contribution in [0.2, 0.25) is 0 Å². The molecule has 2 aromatic carbocycles. The summed E-state index contributed by atoms with van der Waals surface area (Å²) >= 11 is 0. The van der Waals surface area contributed by atoms with E-state index in [1.54, 1.807) is 4.68 Å². The van der Waals surface area contributed by atoms with Gasteiger partial charge in [-0.2, -0.15) is 5.10 Å². The van der Waals surface area contributed by atoms with Crippen LogP contribution in [0.3, 0.4) is 0 Å². The molecule has 2 aliphatic heterocycles. The van der Waals surface area contributed by atoms with Gasteiger partial charge in [0.1, 0.15) is 18.1 Å². The Morgan fingerprint density at radius 1 is 1.05 bits per heavy atom. The van der Waals surface area contributed by atoms with Gasteiger partial charge in [0.2, 0.25) is 0 Å². The lowest BCUT2D eigenvalue weighted by molar-refractivity contribution is 0.0303. The number of H-pyrrole nitrogens is 1. The maximum atomic E-state index is 12.7. The van der Waals surface area contributed by atoms with Crippen molar-refractivity contribution in [1.82, 2.24) is 35.0 Å². The number of hydrogen-bond donors (Lipinski definition) is 1. The molecule has 0 atom stereocenters. The molecule has 0 saturated carbocycles. The molecule has 0 aliphatic carbocycles. The highest BCUT2D eigenvalue weighted by Crippen LogP contribution is 2.32. The summed E-state index contributed by atoms with van der Waals surface area (Å²) < 4.78 is 19.7. The number of aromatic amines is 1. The summed E-state index contributed by atoms with van der Waals surface area (Å²) in [7, 11) is 0. The number of piperidine rings is 1. The van der Waals surface area contributed by atoms with Gasteiger partial charge in [-0.05, 0) is 73.8 Å². The lowest BCUT2D eigenvalue weighted by Gasteiger charge is -2.31. The minimum Gasteiger partial charge on any atom is -0.378 e. The Morgan fingerprint density at radius 2 is 1.84 bits per heavy atom. The molecule has 2 fully saturated rings. The number of alkyl halides is 1. The van der Waals surface area contributed by atoms with Gasteiger partial charge in [0, 0.05) is 30.6 Å². The Kier molecular flexibility index (Phi) is 6.67. The Bertz CT molecular complexity index is 1370. The Balaban J connectivity index is 1.20. The van der Waals surface area contributed by atoms with Crippen molar-refractivity contribution in [1.29, 1.82) is 0 Å². The lowest BCUT2D eigenvalue weighted by atomic mass is 9.88. The second kappa shape index (κ2) is 10.4. The van der Waals surface area contributed by atoms with Crippen LogP contribution in [-0.4, -0.2) is 93.5 Å². The number of nitrogens with one attached hydrogen (secondary N) is 1. The van der Waals surface area contributed by atoms with E-state index in [-0.39, 0.29) is 12.6 Å². The summed E-state index contributed by atoms with van der Waals surface area (Å²) in [5.74, 6) is 0.471. The first-order valence-electron chi connectivity index (χ1n) is 12.9. The first-order chi connectivity index (χ1) is 18.2. The Hall–Kier alpha value is -3.63. The summed E-state index contributed by atoms with van der Waals surface area (Å²) in [5.41, 5.74) is 5.13. The predicted molar refractivity (Wildman–Crippen MR) is 138 cm³/mol. The molecule has 1 amide bonds. The van der Waals surface area contributed by atoms with Crippen LogP contribution in [-0.2, 0) is 4.74 Å². The fraction of sp³-hybridized carbons (Fsp3) is 0.407. The molecule has 0 radical (unpaired) electrons. The molecule has 1 N–H and O–H groups in total. The lowest BCUT2D eigenvalue weighted by Crippen LogP contribution is -2.40. The minimum absolute atomic E-state index is 0.0148. The number of rotatable bonds is 6.